The molecular formula is C17H18BrN3O. The molecule has 2 amide bonds. The second-order valence-electron chi connectivity index (χ2n) is 5.25. The molecule has 0 unspecified atom stereocenters. The number of nitrogens with zero attached hydrogens (tertiary/aromatic N) is 2. The second-order valence-corrected chi connectivity index (χ2v) is 6.16. The maximum atomic E-state index is 12.3. The quantitative estimate of drug-likeness (QED) is 0.884. The first kappa shape index (κ1) is 14.9. The second kappa shape index (κ2) is 6.83. The molecule has 0 bridgehead atoms. The number of rotatable bonds is 2. The highest BCUT2D eigenvalue weighted by atomic mass is 79.9. The van der Waals surface area contributed by atoms with Gasteiger partial charge in [0.15, 0.2) is 0 Å². The van der Waals surface area contributed by atoms with E-state index in [4.69, 9.17) is 0 Å². The summed E-state index contributed by atoms with van der Waals surface area (Å²) >= 11 is 3.39. The third-order valence-corrected chi connectivity index (χ3v) is 4.31. The number of carbonyl (C=O) groups excluding carboxylic acids is 1. The predicted molar refractivity (Wildman–Crippen MR) is 93.4 cm³/mol. The minimum absolute atomic E-state index is 0.0324. The summed E-state index contributed by atoms with van der Waals surface area (Å²) < 4.78 is 1.00. The van der Waals surface area contributed by atoms with Crippen molar-refractivity contribution in [2.45, 2.75) is 0 Å². The summed E-state index contributed by atoms with van der Waals surface area (Å²) in [4.78, 5) is 16.5. The van der Waals surface area contributed by atoms with Gasteiger partial charge in [-0.15, -0.1) is 0 Å². The van der Waals surface area contributed by atoms with Crippen molar-refractivity contribution < 1.29 is 4.79 Å². The highest BCUT2D eigenvalue weighted by Gasteiger charge is 2.21. The van der Waals surface area contributed by atoms with E-state index in [1.54, 1.807) is 0 Å². The van der Waals surface area contributed by atoms with E-state index in [9.17, 15) is 4.79 Å². The Bertz CT molecular complexity index is 622. The van der Waals surface area contributed by atoms with Crippen molar-refractivity contribution in [3.8, 4) is 0 Å². The molecule has 5 heteroatoms. The lowest BCUT2D eigenvalue weighted by atomic mass is 10.2. The van der Waals surface area contributed by atoms with E-state index >= 15 is 0 Å². The molecule has 1 fully saturated rings. The molecule has 0 atom stereocenters. The number of hydrogen-bond acceptors (Lipinski definition) is 2. The Kier molecular flexibility index (Phi) is 4.63. The highest BCUT2D eigenvalue weighted by Crippen LogP contribution is 2.17. The van der Waals surface area contributed by atoms with E-state index in [1.807, 2.05) is 47.4 Å². The molecule has 1 aliphatic heterocycles. The Morgan fingerprint density at radius 2 is 1.55 bits per heavy atom. The van der Waals surface area contributed by atoms with Crippen LogP contribution < -0.4 is 10.2 Å². The highest BCUT2D eigenvalue weighted by molar-refractivity contribution is 9.10. The number of nitrogens with one attached hydrogen (secondary N) is 1. The van der Waals surface area contributed by atoms with Gasteiger partial charge in [-0.05, 0) is 36.4 Å². The molecule has 1 heterocycles. The normalized spacial score (nSPS) is 14.8. The number of anilines is 2. The summed E-state index contributed by atoms with van der Waals surface area (Å²) in [6.07, 6.45) is 0. The minimum atomic E-state index is -0.0324. The largest absolute Gasteiger partial charge is 0.368 e. The standard InChI is InChI=1S/C17H18BrN3O/c18-14-6-8-15(9-7-14)19-17(22)21-12-10-20(11-13-21)16-4-2-1-3-5-16/h1-9H,10-13H2,(H,19,22). The number of piperazine rings is 1. The fourth-order valence-corrected chi connectivity index (χ4v) is 2.81. The number of carbonyl (C=O) groups is 1. The van der Waals surface area contributed by atoms with E-state index in [0.29, 0.717) is 0 Å². The summed E-state index contributed by atoms with van der Waals surface area (Å²) in [5, 5.41) is 2.94. The van der Waals surface area contributed by atoms with Crippen LogP contribution in [0.1, 0.15) is 0 Å². The van der Waals surface area contributed by atoms with Gasteiger partial charge in [0.1, 0.15) is 0 Å². The van der Waals surface area contributed by atoms with E-state index in [2.05, 4.69) is 38.3 Å². The number of benzene rings is 2. The molecule has 0 spiro atoms. The van der Waals surface area contributed by atoms with Crippen LogP contribution in [0.25, 0.3) is 0 Å². The molecule has 114 valence electrons. The number of hydrogen-bond donors (Lipinski definition) is 1. The predicted octanol–water partition coefficient (Wildman–Crippen LogP) is 3.80. The fraction of sp³-hybridized carbons (Fsp3) is 0.235. The zero-order valence-electron chi connectivity index (χ0n) is 12.2. The molecule has 4 nitrogen and oxygen atoms in total. The lowest BCUT2D eigenvalue weighted by Gasteiger charge is -2.36. The Labute approximate surface area is 138 Å². The molecule has 2 aromatic rings. The Hall–Kier alpha value is -2.01. The van der Waals surface area contributed by atoms with Crippen LogP contribution in [-0.2, 0) is 0 Å². The number of halogens is 1. The Balaban J connectivity index is 1.54. The van der Waals surface area contributed by atoms with Gasteiger partial charge in [0, 0.05) is 42.0 Å². The SMILES string of the molecule is O=C(Nc1ccc(Br)cc1)N1CCN(c2ccccc2)CC1. The monoisotopic (exact) mass is 359 g/mol. The van der Waals surface area contributed by atoms with Crippen molar-refractivity contribution in [3.63, 3.8) is 0 Å². The maximum Gasteiger partial charge on any atom is 0.321 e. The van der Waals surface area contributed by atoms with Gasteiger partial charge in [0.25, 0.3) is 0 Å². The van der Waals surface area contributed by atoms with Gasteiger partial charge in [-0.2, -0.15) is 0 Å². The molecule has 0 aromatic heterocycles. The third kappa shape index (κ3) is 3.60. The van der Waals surface area contributed by atoms with Gasteiger partial charge >= 0.3 is 6.03 Å². The number of urea groups is 1. The molecule has 1 aliphatic rings. The minimum Gasteiger partial charge on any atom is -0.368 e. The average Bonchev–Trinajstić information content (AvgIpc) is 2.58. The summed E-state index contributed by atoms with van der Waals surface area (Å²) in [5.41, 5.74) is 2.04. The van der Waals surface area contributed by atoms with Crippen LogP contribution in [0.5, 0.6) is 0 Å². The van der Waals surface area contributed by atoms with E-state index in [1.165, 1.54) is 5.69 Å². The lowest BCUT2D eigenvalue weighted by molar-refractivity contribution is 0.208. The zero-order chi connectivity index (χ0) is 15.4. The van der Waals surface area contributed by atoms with Crippen LogP contribution in [0, 0.1) is 0 Å². The van der Waals surface area contributed by atoms with Crippen molar-refractivity contribution in [3.05, 3.63) is 59.1 Å². The Morgan fingerprint density at radius 1 is 0.909 bits per heavy atom. The molecule has 0 aliphatic carbocycles. The van der Waals surface area contributed by atoms with Crippen molar-refractivity contribution in [2.24, 2.45) is 0 Å². The van der Waals surface area contributed by atoms with Crippen molar-refractivity contribution >= 4 is 33.3 Å². The van der Waals surface area contributed by atoms with Crippen molar-refractivity contribution in [2.75, 3.05) is 36.4 Å². The van der Waals surface area contributed by atoms with Crippen LogP contribution in [0.15, 0.2) is 59.1 Å². The third-order valence-electron chi connectivity index (χ3n) is 3.78. The molecule has 22 heavy (non-hydrogen) atoms. The smallest absolute Gasteiger partial charge is 0.321 e. The zero-order valence-corrected chi connectivity index (χ0v) is 13.8. The van der Waals surface area contributed by atoms with Crippen molar-refractivity contribution in [1.29, 1.82) is 0 Å². The topological polar surface area (TPSA) is 35.6 Å². The fourth-order valence-electron chi connectivity index (χ4n) is 2.54. The summed E-state index contributed by atoms with van der Waals surface area (Å²) in [6, 6.07) is 17.9. The van der Waals surface area contributed by atoms with E-state index in [-0.39, 0.29) is 6.03 Å². The first-order valence-electron chi connectivity index (χ1n) is 7.34. The van der Waals surface area contributed by atoms with Gasteiger partial charge in [0.05, 0.1) is 0 Å². The lowest BCUT2D eigenvalue weighted by Crippen LogP contribution is -2.50. The molecule has 0 saturated carbocycles. The molecule has 1 saturated heterocycles. The van der Waals surface area contributed by atoms with E-state index in [0.717, 1.165) is 36.3 Å². The van der Waals surface area contributed by atoms with Crippen molar-refractivity contribution in [1.82, 2.24) is 4.90 Å². The summed E-state index contributed by atoms with van der Waals surface area (Å²) in [5.74, 6) is 0. The molecule has 2 aromatic carbocycles. The van der Waals surface area contributed by atoms with Crippen LogP contribution in [0.2, 0.25) is 0 Å². The first-order chi connectivity index (χ1) is 10.7. The molecule has 0 radical (unpaired) electrons. The van der Waals surface area contributed by atoms with Gasteiger partial charge in [-0.1, -0.05) is 34.1 Å². The van der Waals surface area contributed by atoms with Gasteiger partial charge in [-0.3, -0.25) is 0 Å². The molecular weight excluding hydrogens is 342 g/mol. The summed E-state index contributed by atoms with van der Waals surface area (Å²) in [6.45, 7) is 3.18. The van der Waals surface area contributed by atoms with Gasteiger partial charge in [0.2, 0.25) is 0 Å². The van der Waals surface area contributed by atoms with Gasteiger partial charge < -0.3 is 15.1 Å². The summed E-state index contributed by atoms with van der Waals surface area (Å²) in [7, 11) is 0. The van der Waals surface area contributed by atoms with Gasteiger partial charge in [-0.25, -0.2) is 4.79 Å². The van der Waals surface area contributed by atoms with Crippen LogP contribution in [-0.4, -0.2) is 37.1 Å². The van der Waals surface area contributed by atoms with Crippen LogP contribution >= 0.6 is 15.9 Å². The maximum absolute atomic E-state index is 12.3. The number of amides is 2. The Morgan fingerprint density at radius 3 is 2.18 bits per heavy atom. The van der Waals surface area contributed by atoms with E-state index < -0.39 is 0 Å². The molecule has 1 N–H and O–H groups in total. The van der Waals surface area contributed by atoms with Crippen LogP contribution in [0.4, 0.5) is 16.2 Å². The first-order valence-corrected chi connectivity index (χ1v) is 8.13. The molecule has 3 rings (SSSR count). The number of para-hydroxylation sites is 1. The average molecular weight is 360 g/mol. The van der Waals surface area contributed by atoms with Crippen LogP contribution in [0.3, 0.4) is 0 Å².